The molecule has 0 saturated heterocycles. The summed E-state index contributed by atoms with van der Waals surface area (Å²) in [7, 11) is 0. The van der Waals surface area contributed by atoms with Crippen LogP contribution in [0.1, 0.15) is 25.0 Å². The molecule has 1 fully saturated rings. The molecule has 1 aromatic rings. The first kappa shape index (κ1) is 15.4. The first-order valence-electron chi connectivity index (χ1n) is 6.69. The fraction of sp³-hybridized carbons (Fsp3) is 0.438. The molecule has 0 bridgehead atoms. The van der Waals surface area contributed by atoms with Gasteiger partial charge in [-0.05, 0) is 35.5 Å². The maximum atomic E-state index is 12.3. The highest BCUT2D eigenvalue weighted by molar-refractivity contribution is 6.55. The Morgan fingerprint density at radius 2 is 2.00 bits per heavy atom. The van der Waals surface area contributed by atoms with Crippen molar-refractivity contribution in [3.05, 3.63) is 46.0 Å². The molecule has 1 aliphatic rings. The van der Waals surface area contributed by atoms with Crippen LogP contribution in [0.4, 0.5) is 0 Å². The lowest BCUT2D eigenvalue weighted by atomic mass is 10.1. The second-order valence-corrected chi connectivity index (χ2v) is 6.93. The van der Waals surface area contributed by atoms with E-state index in [4.69, 9.17) is 23.2 Å². The number of amides is 1. The van der Waals surface area contributed by atoms with Gasteiger partial charge in [-0.25, -0.2) is 0 Å². The third-order valence-electron chi connectivity index (χ3n) is 4.21. The lowest BCUT2D eigenvalue weighted by Gasteiger charge is -2.08. The first-order chi connectivity index (χ1) is 9.34. The Bertz CT molecular complexity index is 547. The van der Waals surface area contributed by atoms with Crippen molar-refractivity contribution in [2.24, 2.45) is 17.3 Å². The highest BCUT2D eigenvalue weighted by Crippen LogP contribution is 2.59. The summed E-state index contributed by atoms with van der Waals surface area (Å²) in [6.07, 6.45) is 1.77. The minimum Gasteiger partial charge on any atom is -0.352 e. The van der Waals surface area contributed by atoms with E-state index in [0.29, 0.717) is 6.54 Å². The van der Waals surface area contributed by atoms with E-state index in [0.717, 1.165) is 5.56 Å². The van der Waals surface area contributed by atoms with E-state index in [1.807, 2.05) is 31.2 Å². The number of hydrogen-bond donors (Lipinski definition) is 1. The van der Waals surface area contributed by atoms with Crippen LogP contribution in [-0.4, -0.2) is 5.91 Å². The van der Waals surface area contributed by atoms with Crippen molar-refractivity contribution in [3.63, 3.8) is 0 Å². The van der Waals surface area contributed by atoms with Crippen LogP contribution in [0.15, 0.2) is 34.8 Å². The molecule has 0 spiro atoms. The fourth-order valence-electron chi connectivity index (χ4n) is 2.73. The van der Waals surface area contributed by atoms with E-state index in [-0.39, 0.29) is 27.6 Å². The lowest BCUT2D eigenvalue weighted by Crippen LogP contribution is -2.26. The molecule has 2 rings (SSSR count). The van der Waals surface area contributed by atoms with Crippen LogP contribution in [0.5, 0.6) is 0 Å². The Balaban J connectivity index is 1.97. The van der Waals surface area contributed by atoms with Crippen LogP contribution in [0.3, 0.4) is 0 Å². The van der Waals surface area contributed by atoms with Crippen molar-refractivity contribution in [1.29, 1.82) is 0 Å². The molecule has 1 N–H and O–H groups in total. The Hall–Kier alpha value is -0.990. The van der Waals surface area contributed by atoms with E-state index in [2.05, 4.69) is 19.2 Å². The van der Waals surface area contributed by atoms with Crippen LogP contribution in [0, 0.1) is 24.2 Å². The zero-order valence-electron chi connectivity index (χ0n) is 11.9. The number of carbonyl (C=O) groups excluding carboxylic acids is 1. The molecule has 4 heteroatoms. The summed E-state index contributed by atoms with van der Waals surface area (Å²) in [6.45, 7) is 6.72. The highest BCUT2D eigenvalue weighted by atomic mass is 35.5. The SMILES string of the molecule is Cc1ccccc1CNC(=O)[C@H]1[C@@H](C=C(Cl)Cl)C1(C)C. The maximum absolute atomic E-state index is 12.3. The van der Waals surface area contributed by atoms with Crippen LogP contribution in [0.2, 0.25) is 0 Å². The summed E-state index contributed by atoms with van der Waals surface area (Å²) in [6, 6.07) is 8.05. The number of allylic oxidation sites excluding steroid dienone is 1. The first-order valence-corrected chi connectivity index (χ1v) is 7.44. The summed E-state index contributed by atoms with van der Waals surface area (Å²) >= 11 is 11.4. The monoisotopic (exact) mass is 311 g/mol. The molecule has 1 aromatic carbocycles. The van der Waals surface area contributed by atoms with Crippen molar-refractivity contribution in [1.82, 2.24) is 5.32 Å². The van der Waals surface area contributed by atoms with E-state index in [1.54, 1.807) is 6.08 Å². The van der Waals surface area contributed by atoms with Gasteiger partial charge in [0.25, 0.3) is 0 Å². The lowest BCUT2D eigenvalue weighted by molar-refractivity contribution is -0.123. The van der Waals surface area contributed by atoms with Gasteiger partial charge in [-0.15, -0.1) is 0 Å². The predicted molar refractivity (Wildman–Crippen MR) is 83.6 cm³/mol. The smallest absolute Gasteiger partial charge is 0.224 e. The minimum atomic E-state index is -0.0785. The Morgan fingerprint density at radius 3 is 2.60 bits per heavy atom. The van der Waals surface area contributed by atoms with Gasteiger partial charge in [0.2, 0.25) is 5.91 Å². The summed E-state index contributed by atoms with van der Waals surface area (Å²) in [5.41, 5.74) is 2.25. The molecule has 0 aromatic heterocycles. The molecule has 2 atom stereocenters. The molecule has 1 aliphatic carbocycles. The molecular formula is C16H19Cl2NO. The van der Waals surface area contributed by atoms with Gasteiger partial charge in [0, 0.05) is 6.54 Å². The van der Waals surface area contributed by atoms with Gasteiger partial charge in [0.15, 0.2) is 0 Å². The third-order valence-corrected chi connectivity index (χ3v) is 4.47. The fourth-order valence-corrected chi connectivity index (χ4v) is 3.00. The van der Waals surface area contributed by atoms with Crippen LogP contribution >= 0.6 is 23.2 Å². The summed E-state index contributed by atoms with van der Waals surface area (Å²) in [4.78, 5) is 12.3. The van der Waals surface area contributed by atoms with Crippen molar-refractivity contribution >= 4 is 29.1 Å². The number of carbonyl (C=O) groups is 1. The maximum Gasteiger partial charge on any atom is 0.224 e. The minimum absolute atomic E-state index is 0.0565. The van der Waals surface area contributed by atoms with Crippen LogP contribution in [0.25, 0.3) is 0 Å². The van der Waals surface area contributed by atoms with E-state index in [1.165, 1.54) is 5.56 Å². The van der Waals surface area contributed by atoms with Gasteiger partial charge in [-0.3, -0.25) is 4.79 Å². The predicted octanol–water partition coefficient (Wildman–Crippen LogP) is 4.20. The molecule has 0 heterocycles. The molecular weight excluding hydrogens is 293 g/mol. The molecule has 20 heavy (non-hydrogen) atoms. The Labute approximate surface area is 130 Å². The Morgan fingerprint density at radius 1 is 1.35 bits per heavy atom. The average Bonchev–Trinajstić information content (AvgIpc) is 2.88. The molecule has 2 nitrogen and oxygen atoms in total. The van der Waals surface area contributed by atoms with Gasteiger partial charge in [-0.1, -0.05) is 61.3 Å². The zero-order chi connectivity index (χ0) is 14.9. The average molecular weight is 312 g/mol. The number of aryl methyl sites for hydroxylation is 1. The van der Waals surface area contributed by atoms with E-state index in [9.17, 15) is 4.79 Å². The number of halogens is 2. The van der Waals surface area contributed by atoms with E-state index >= 15 is 0 Å². The van der Waals surface area contributed by atoms with Gasteiger partial charge < -0.3 is 5.32 Å². The number of nitrogens with one attached hydrogen (secondary N) is 1. The van der Waals surface area contributed by atoms with Crippen molar-refractivity contribution in [3.8, 4) is 0 Å². The second-order valence-electron chi connectivity index (χ2n) is 5.93. The zero-order valence-corrected chi connectivity index (χ0v) is 13.4. The van der Waals surface area contributed by atoms with Gasteiger partial charge >= 0.3 is 0 Å². The molecule has 0 aliphatic heterocycles. The molecule has 108 valence electrons. The normalized spacial score (nSPS) is 23.1. The molecule has 0 radical (unpaired) electrons. The number of hydrogen-bond acceptors (Lipinski definition) is 1. The summed E-state index contributed by atoms with van der Waals surface area (Å²) in [5, 5.41) is 3.01. The quantitative estimate of drug-likeness (QED) is 0.887. The third kappa shape index (κ3) is 3.18. The number of rotatable bonds is 4. The van der Waals surface area contributed by atoms with Gasteiger partial charge in [0.1, 0.15) is 4.49 Å². The van der Waals surface area contributed by atoms with Crippen LogP contribution < -0.4 is 5.32 Å². The van der Waals surface area contributed by atoms with Crippen molar-refractivity contribution in [2.75, 3.05) is 0 Å². The van der Waals surface area contributed by atoms with Crippen molar-refractivity contribution < 1.29 is 4.79 Å². The molecule has 1 saturated carbocycles. The topological polar surface area (TPSA) is 29.1 Å². The summed E-state index contributed by atoms with van der Waals surface area (Å²) in [5.74, 6) is 0.123. The van der Waals surface area contributed by atoms with E-state index < -0.39 is 0 Å². The van der Waals surface area contributed by atoms with Crippen molar-refractivity contribution in [2.45, 2.75) is 27.3 Å². The highest BCUT2D eigenvalue weighted by Gasteiger charge is 2.60. The molecule has 0 unspecified atom stereocenters. The summed E-state index contributed by atoms with van der Waals surface area (Å²) < 4.78 is 0.234. The standard InChI is InChI=1S/C16H19Cl2NO/c1-10-6-4-5-7-11(10)9-19-15(20)14-12(8-13(17)18)16(14,2)3/h4-8,12,14H,9H2,1-3H3,(H,19,20)/t12-,14-/m1/s1. The Kier molecular flexibility index (Phi) is 4.46. The van der Waals surface area contributed by atoms with Crippen LogP contribution in [-0.2, 0) is 11.3 Å². The van der Waals surface area contributed by atoms with Gasteiger partial charge in [-0.2, -0.15) is 0 Å². The second kappa shape index (κ2) is 5.79. The molecule has 1 amide bonds. The largest absolute Gasteiger partial charge is 0.352 e. The number of benzene rings is 1. The van der Waals surface area contributed by atoms with Gasteiger partial charge in [0.05, 0.1) is 5.92 Å².